The first kappa shape index (κ1) is 14.1. The number of furan rings is 1. The molecule has 3 rings (SSSR count). The fraction of sp³-hybridized carbons (Fsp3) is 0.667. The molecule has 110 valence electrons. The van der Waals surface area contributed by atoms with Crippen LogP contribution >= 0.6 is 15.9 Å². The Morgan fingerprint density at radius 1 is 1.30 bits per heavy atom. The van der Waals surface area contributed by atoms with Crippen LogP contribution in [0.3, 0.4) is 0 Å². The van der Waals surface area contributed by atoms with E-state index in [9.17, 15) is 9.90 Å². The number of likely N-dealkylation sites (tertiary alicyclic amines) is 1. The number of hydrogen-bond donors (Lipinski definition) is 1. The largest absolute Gasteiger partial charge is 0.480 e. The molecule has 1 aliphatic heterocycles. The lowest BCUT2D eigenvalue weighted by molar-refractivity contribution is -0.148. The van der Waals surface area contributed by atoms with Crippen molar-refractivity contribution in [3.8, 4) is 0 Å². The van der Waals surface area contributed by atoms with Gasteiger partial charge < -0.3 is 9.52 Å². The number of rotatable bonds is 3. The Bertz CT molecular complexity index is 487. The van der Waals surface area contributed by atoms with Gasteiger partial charge in [0.15, 0.2) is 4.67 Å². The van der Waals surface area contributed by atoms with Gasteiger partial charge in [-0.2, -0.15) is 0 Å². The van der Waals surface area contributed by atoms with E-state index in [1.165, 1.54) is 19.3 Å². The lowest BCUT2D eigenvalue weighted by Gasteiger charge is -2.46. The molecular weight excluding hydrogens is 322 g/mol. The van der Waals surface area contributed by atoms with Crippen molar-refractivity contribution in [1.82, 2.24) is 4.90 Å². The minimum atomic E-state index is -0.695. The maximum atomic E-state index is 11.6. The molecule has 1 N–H and O–H groups in total. The smallest absolute Gasteiger partial charge is 0.320 e. The van der Waals surface area contributed by atoms with Crippen LogP contribution in [0.25, 0.3) is 0 Å². The molecule has 1 aromatic rings. The minimum absolute atomic E-state index is 0.363. The molecule has 5 heteroatoms. The highest BCUT2D eigenvalue weighted by Crippen LogP contribution is 2.38. The number of piperidine rings is 1. The Morgan fingerprint density at radius 2 is 2.10 bits per heavy atom. The number of nitrogens with zero attached hydrogens (tertiary/aromatic N) is 1. The Balaban J connectivity index is 1.81. The molecule has 20 heavy (non-hydrogen) atoms. The molecular formula is C15H20BrNO3. The number of hydrogen-bond acceptors (Lipinski definition) is 3. The average molecular weight is 342 g/mol. The summed E-state index contributed by atoms with van der Waals surface area (Å²) in [7, 11) is 0. The summed E-state index contributed by atoms with van der Waals surface area (Å²) in [6.45, 7) is 0.601. The quantitative estimate of drug-likeness (QED) is 0.911. The monoisotopic (exact) mass is 341 g/mol. The molecule has 2 fully saturated rings. The maximum absolute atomic E-state index is 11.6. The van der Waals surface area contributed by atoms with Gasteiger partial charge in [-0.25, -0.2) is 0 Å². The summed E-state index contributed by atoms with van der Waals surface area (Å²) in [5.41, 5.74) is 0. The fourth-order valence-electron chi connectivity index (χ4n) is 3.84. The van der Waals surface area contributed by atoms with Gasteiger partial charge >= 0.3 is 5.97 Å². The van der Waals surface area contributed by atoms with Crippen LogP contribution < -0.4 is 0 Å². The zero-order valence-electron chi connectivity index (χ0n) is 11.4. The first-order chi connectivity index (χ1) is 9.65. The Hall–Kier alpha value is -0.810. The standard InChI is InChI=1S/C15H20BrNO3/c16-14-8-6-11(20-14)9-17-12-4-2-1-3-10(12)5-7-13(17)15(18)19/h6,8,10,12-13H,1-5,7,9H2,(H,18,19). The van der Waals surface area contributed by atoms with E-state index in [0.717, 1.165) is 25.0 Å². The van der Waals surface area contributed by atoms with Gasteiger partial charge in [-0.1, -0.05) is 12.8 Å². The van der Waals surface area contributed by atoms with Gasteiger partial charge in [-0.05, 0) is 59.7 Å². The molecule has 1 aliphatic carbocycles. The molecule has 1 saturated heterocycles. The van der Waals surface area contributed by atoms with Crippen molar-refractivity contribution in [2.75, 3.05) is 0 Å². The van der Waals surface area contributed by atoms with Gasteiger partial charge in [0, 0.05) is 6.04 Å². The van der Waals surface area contributed by atoms with Gasteiger partial charge in [0.05, 0.1) is 6.54 Å². The van der Waals surface area contributed by atoms with E-state index in [1.807, 2.05) is 12.1 Å². The Labute approximate surface area is 127 Å². The lowest BCUT2D eigenvalue weighted by Crippen LogP contribution is -2.54. The summed E-state index contributed by atoms with van der Waals surface area (Å²) < 4.78 is 6.28. The van der Waals surface area contributed by atoms with Crippen LogP contribution in [0.2, 0.25) is 0 Å². The van der Waals surface area contributed by atoms with Gasteiger partial charge in [0.2, 0.25) is 0 Å². The molecule has 0 aromatic carbocycles. The first-order valence-corrected chi connectivity index (χ1v) is 8.17. The number of carbonyl (C=O) groups is 1. The molecule has 0 radical (unpaired) electrons. The van der Waals surface area contributed by atoms with E-state index in [-0.39, 0.29) is 6.04 Å². The third-order valence-corrected chi connectivity index (χ3v) is 5.18. The molecule has 0 bridgehead atoms. The first-order valence-electron chi connectivity index (χ1n) is 7.38. The molecule has 3 atom stereocenters. The SMILES string of the molecule is O=C(O)C1CCC2CCCCC2N1Cc1ccc(Br)o1. The van der Waals surface area contributed by atoms with E-state index in [1.54, 1.807) is 0 Å². The van der Waals surface area contributed by atoms with E-state index >= 15 is 0 Å². The topological polar surface area (TPSA) is 53.7 Å². The molecule has 0 spiro atoms. The Kier molecular flexibility index (Phi) is 4.17. The van der Waals surface area contributed by atoms with Crippen LogP contribution in [0.5, 0.6) is 0 Å². The van der Waals surface area contributed by atoms with Crippen molar-refractivity contribution < 1.29 is 14.3 Å². The second-order valence-corrected chi connectivity index (χ2v) is 6.70. The van der Waals surface area contributed by atoms with Gasteiger partial charge in [-0.3, -0.25) is 9.69 Å². The van der Waals surface area contributed by atoms with Gasteiger partial charge in [-0.15, -0.1) is 0 Å². The maximum Gasteiger partial charge on any atom is 0.320 e. The summed E-state index contributed by atoms with van der Waals surface area (Å²) in [4.78, 5) is 13.7. The van der Waals surface area contributed by atoms with Crippen LogP contribution in [0.4, 0.5) is 0 Å². The number of carboxylic acids is 1. The highest BCUT2D eigenvalue weighted by atomic mass is 79.9. The van der Waals surface area contributed by atoms with Gasteiger partial charge in [0.1, 0.15) is 11.8 Å². The summed E-state index contributed by atoms with van der Waals surface area (Å²) >= 11 is 3.31. The van der Waals surface area contributed by atoms with Crippen molar-refractivity contribution in [3.63, 3.8) is 0 Å². The van der Waals surface area contributed by atoms with E-state index in [0.29, 0.717) is 23.2 Å². The normalized spacial score (nSPS) is 30.9. The third-order valence-electron chi connectivity index (χ3n) is 4.76. The van der Waals surface area contributed by atoms with Crippen LogP contribution in [0.1, 0.15) is 44.3 Å². The summed E-state index contributed by atoms with van der Waals surface area (Å²) in [6, 6.07) is 3.84. The van der Waals surface area contributed by atoms with Crippen molar-refractivity contribution in [2.45, 2.75) is 57.2 Å². The van der Waals surface area contributed by atoms with Crippen molar-refractivity contribution in [2.24, 2.45) is 5.92 Å². The highest BCUT2D eigenvalue weighted by molar-refractivity contribution is 9.10. The lowest BCUT2D eigenvalue weighted by atomic mass is 9.76. The molecule has 2 aliphatic rings. The molecule has 3 unspecified atom stereocenters. The second kappa shape index (κ2) is 5.90. The predicted octanol–water partition coefficient (Wildman–Crippen LogP) is 3.65. The third kappa shape index (κ3) is 2.79. The number of aliphatic carboxylic acids is 1. The summed E-state index contributed by atoms with van der Waals surface area (Å²) in [5.74, 6) is 0.812. The van der Waals surface area contributed by atoms with Crippen molar-refractivity contribution >= 4 is 21.9 Å². The fourth-order valence-corrected chi connectivity index (χ4v) is 4.18. The zero-order chi connectivity index (χ0) is 14.1. The number of carboxylic acid groups (broad SMARTS) is 1. The van der Waals surface area contributed by atoms with Gasteiger partial charge in [0.25, 0.3) is 0 Å². The van der Waals surface area contributed by atoms with Crippen molar-refractivity contribution in [1.29, 1.82) is 0 Å². The predicted molar refractivity (Wildman–Crippen MR) is 78.4 cm³/mol. The summed E-state index contributed by atoms with van der Waals surface area (Å²) in [6.07, 6.45) is 6.69. The summed E-state index contributed by atoms with van der Waals surface area (Å²) in [5, 5.41) is 9.50. The second-order valence-electron chi connectivity index (χ2n) is 5.92. The zero-order valence-corrected chi connectivity index (χ0v) is 13.0. The molecule has 1 saturated carbocycles. The Morgan fingerprint density at radius 3 is 2.80 bits per heavy atom. The van der Waals surface area contributed by atoms with Crippen LogP contribution in [0, 0.1) is 5.92 Å². The van der Waals surface area contributed by atoms with E-state index in [2.05, 4.69) is 20.8 Å². The van der Waals surface area contributed by atoms with E-state index in [4.69, 9.17) is 4.42 Å². The van der Waals surface area contributed by atoms with E-state index < -0.39 is 5.97 Å². The minimum Gasteiger partial charge on any atom is -0.480 e. The average Bonchev–Trinajstić information content (AvgIpc) is 2.84. The molecule has 1 aromatic heterocycles. The van der Waals surface area contributed by atoms with Crippen LogP contribution in [-0.4, -0.2) is 28.1 Å². The number of halogens is 1. The van der Waals surface area contributed by atoms with Crippen LogP contribution in [-0.2, 0) is 11.3 Å². The van der Waals surface area contributed by atoms with Crippen molar-refractivity contribution in [3.05, 3.63) is 22.6 Å². The van der Waals surface area contributed by atoms with Crippen LogP contribution in [0.15, 0.2) is 21.2 Å². The molecule has 2 heterocycles. The highest BCUT2D eigenvalue weighted by Gasteiger charge is 2.41. The number of fused-ring (bicyclic) bond motifs is 1. The molecule has 0 amide bonds. The molecule has 4 nitrogen and oxygen atoms in total.